The quantitative estimate of drug-likeness (QED) is 0.386. The topological polar surface area (TPSA) is 125 Å². The van der Waals surface area contributed by atoms with Gasteiger partial charge in [-0.05, 0) is 61.5 Å². The largest absolute Gasteiger partial charge is 0.416 e. The third kappa shape index (κ3) is 4.47. The van der Waals surface area contributed by atoms with Gasteiger partial charge in [0.05, 0.1) is 23.0 Å². The maximum Gasteiger partial charge on any atom is 0.416 e. The second-order valence-electron chi connectivity index (χ2n) is 7.72. The van der Waals surface area contributed by atoms with Gasteiger partial charge in [0.15, 0.2) is 0 Å². The highest BCUT2D eigenvalue weighted by Gasteiger charge is 2.36. The molecule has 0 fully saturated rings. The van der Waals surface area contributed by atoms with Crippen molar-refractivity contribution in [2.45, 2.75) is 19.1 Å². The molecular weight excluding hydrogens is 461 g/mol. The van der Waals surface area contributed by atoms with Crippen LogP contribution >= 0.6 is 0 Å². The predicted octanol–water partition coefficient (Wildman–Crippen LogP) is 3.95. The summed E-state index contributed by atoms with van der Waals surface area (Å²) in [5.41, 5.74) is -0.143. The average molecular weight is 480 g/mol. The van der Waals surface area contributed by atoms with Gasteiger partial charge in [0.2, 0.25) is 0 Å². The van der Waals surface area contributed by atoms with E-state index in [9.17, 15) is 22.8 Å². The highest BCUT2D eigenvalue weighted by atomic mass is 19.4. The van der Waals surface area contributed by atoms with Crippen LogP contribution < -0.4 is 16.1 Å². The van der Waals surface area contributed by atoms with Crippen molar-refractivity contribution in [3.63, 3.8) is 0 Å². The summed E-state index contributed by atoms with van der Waals surface area (Å²) < 4.78 is 38.9. The van der Waals surface area contributed by atoms with E-state index in [4.69, 9.17) is 11.3 Å². The van der Waals surface area contributed by atoms with Gasteiger partial charge >= 0.3 is 6.18 Å². The molecule has 2 amide bonds. The molecule has 1 atom stereocenters. The fourth-order valence-corrected chi connectivity index (χ4v) is 3.70. The van der Waals surface area contributed by atoms with Crippen LogP contribution in [0.2, 0.25) is 0 Å². The van der Waals surface area contributed by atoms with E-state index in [0.717, 1.165) is 29.2 Å². The summed E-state index contributed by atoms with van der Waals surface area (Å²) >= 11 is 0. The number of benzene rings is 2. The van der Waals surface area contributed by atoms with Crippen molar-refractivity contribution >= 4 is 34.6 Å². The molecule has 35 heavy (non-hydrogen) atoms. The second kappa shape index (κ2) is 9.01. The average Bonchev–Trinajstić information content (AvgIpc) is 2.85. The first-order valence-electron chi connectivity index (χ1n) is 10.4. The molecule has 0 unspecified atom stereocenters. The highest BCUT2D eigenvalue weighted by Crippen LogP contribution is 2.36. The first-order valence-corrected chi connectivity index (χ1v) is 10.4. The van der Waals surface area contributed by atoms with Gasteiger partial charge in [0.1, 0.15) is 11.4 Å². The number of nitrogens with zero attached hydrogens (tertiary/aromatic N) is 3. The minimum Gasteiger partial charge on any atom is -0.344 e. The molecule has 4 N–H and O–H groups in total. The molecule has 0 radical (unpaired) electrons. The van der Waals surface area contributed by atoms with E-state index in [0.29, 0.717) is 5.69 Å². The molecule has 3 aromatic rings. The van der Waals surface area contributed by atoms with E-state index in [1.165, 1.54) is 18.2 Å². The Labute approximate surface area is 197 Å². The molecule has 2 aromatic carbocycles. The minimum absolute atomic E-state index is 0.117. The van der Waals surface area contributed by atoms with E-state index in [-0.39, 0.29) is 28.2 Å². The number of nitrogens with two attached hydrogens (primary N) is 1. The summed E-state index contributed by atoms with van der Waals surface area (Å²) in [4.78, 5) is 31.1. The molecule has 4 rings (SSSR count). The number of hydrazone groups is 1. The number of halogens is 3. The Bertz CT molecular complexity index is 1340. The molecule has 0 spiro atoms. The number of amides is 2. The van der Waals surface area contributed by atoms with Crippen LogP contribution in [0, 0.1) is 5.41 Å². The SMILES string of the molecule is C[C@H](NC(=O)c1ccc2c(c1)/C(=N/N)C(=N)C(=O)N2c1ccc(C(F)(F)F)cc1)c1ccccn1. The van der Waals surface area contributed by atoms with Crippen LogP contribution in [0.5, 0.6) is 0 Å². The fraction of sp³-hybridized carbons (Fsp3) is 0.125. The molecule has 0 saturated carbocycles. The van der Waals surface area contributed by atoms with Crippen LogP contribution in [0.3, 0.4) is 0 Å². The van der Waals surface area contributed by atoms with E-state index < -0.39 is 35.3 Å². The zero-order chi connectivity index (χ0) is 25.3. The molecule has 0 aliphatic carbocycles. The Balaban J connectivity index is 1.71. The number of pyridine rings is 1. The third-order valence-electron chi connectivity index (χ3n) is 5.47. The molecule has 11 heteroatoms. The molecule has 8 nitrogen and oxygen atoms in total. The van der Waals surface area contributed by atoms with Crippen LogP contribution in [0.25, 0.3) is 0 Å². The second-order valence-corrected chi connectivity index (χ2v) is 7.72. The lowest BCUT2D eigenvalue weighted by Crippen LogP contribution is -2.43. The molecule has 1 aliphatic heterocycles. The minimum atomic E-state index is -4.54. The smallest absolute Gasteiger partial charge is 0.344 e. The number of aromatic nitrogens is 1. The number of anilines is 2. The fourth-order valence-electron chi connectivity index (χ4n) is 3.70. The Hall–Kier alpha value is -4.54. The maximum atomic E-state index is 13.0. The summed E-state index contributed by atoms with van der Waals surface area (Å²) in [7, 11) is 0. The van der Waals surface area contributed by atoms with Crippen molar-refractivity contribution in [2.75, 3.05) is 4.90 Å². The number of nitrogens with one attached hydrogen (secondary N) is 2. The van der Waals surface area contributed by atoms with Gasteiger partial charge in [-0.15, -0.1) is 0 Å². The van der Waals surface area contributed by atoms with Crippen LogP contribution in [-0.4, -0.2) is 28.2 Å². The monoisotopic (exact) mass is 480 g/mol. The molecule has 1 aliphatic rings. The Morgan fingerprint density at radius 3 is 2.46 bits per heavy atom. The summed E-state index contributed by atoms with van der Waals surface area (Å²) in [5, 5.41) is 14.6. The highest BCUT2D eigenvalue weighted by molar-refractivity contribution is 6.74. The Morgan fingerprint density at radius 1 is 1.14 bits per heavy atom. The van der Waals surface area contributed by atoms with Crippen LogP contribution in [0.1, 0.15) is 40.1 Å². The lowest BCUT2D eigenvalue weighted by Gasteiger charge is -2.30. The van der Waals surface area contributed by atoms with Gasteiger partial charge in [0, 0.05) is 23.0 Å². The number of fused-ring (bicyclic) bond motifs is 1. The normalized spacial score (nSPS) is 15.7. The molecule has 0 saturated heterocycles. The summed E-state index contributed by atoms with van der Waals surface area (Å²) in [6.07, 6.45) is -2.93. The summed E-state index contributed by atoms with van der Waals surface area (Å²) in [5.74, 6) is 4.19. The standard InChI is InChI=1S/C24H19F3N6O2/c1-13(18-4-2-3-11-30-18)31-22(34)14-5-10-19-17(12-14)21(32-29)20(28)23(35)33(19)16-8-6-15(7-9-16)24(25,26)27/h2-13,28H,29H2,1H3,(H,31,34)/b28-20?,32-21-/t13-/m0/s1. The molecular formula is C24H19F3N6O2. The number of hydrogen-bond donors (Lipinski definition) is 3. The lowest BCUT2D eigenvalue weighted by atomic mass is 9.94. The van der Waals surface area contributed by atoms with Gasteiger partial charge in [-0.2, -0.15) is 18.3 Å². The number of carbonyl (C=O) groups is 2. The van der Waals surface area contributed by atoms with E-state index >= 15 is 0 Å². The van der Waals surface area contributed by atoms with Crippen molar-refractivity contribution in [3.8, 4) is 0 Å². The lowest BCUT2D eigenvalue weighted by molar-refractivity contribution is -0.137. The number of rotatable bonds is 4. The van der Waals surface area contributed by atoms with Crippen LogP contribution in [0.15, 0.2) is 72.0 Å². The number of alkyl halides is 3. The molecule has 0 bridgehead atoms. The van der Waals surface area contributed by atoms with Crippen molar-refractivity contribution in [2.24, 2.45) is 10.9 Å². The molecule has 178 valence electrons. The first-order chi connectivity index (χ1) is 16.6. The van der Waals surface area contributed by atoms with Gasteiger partial charge in [-0.1, -0.05) is 6.07 Å². The summed E-state index contributed by atoms with van der Waals surface area (Å²) in [6, 6.07) is 13.3. The van der Waals surface area contributed by atoms with Gasteiger partial charge in [-0.3, -0.25) is 24.9 Å². The van der Waals surface area contributed by atoms with Crippen LogP contribution in [-0.2, 0) is 11.0 Å². The van der Waals surface area contributed by atoms with E-state index in [2.05, 4.69) is 15.4 Å². The van der Waals surface area contributed by atoms with Crippen molar-refractivity contribution in [1.82, 2.24) is 10.3 Å². The first kappa shape index (κ1) is 23.6. The maximum absolute atomic E-state index is 13.0. The molecule has 2 heterocycles. The Morgan fingerprint density at radius 2 is 1.86 bits per heavy atom. The predicted molar refractivity (Wildman–Crippen MR) is 124 cm³/mol. The van der Waals surface area contributed by atoms with Crippen molar-refractivity contribution < 1.29 is 22.8 Å². The van der Waals surface area contributed by atoms with Gasteiger partial charge < -0.3 is 11.2 Å². The Kier molecular flexibility index (Phi) is 6.08. The van der Waals surface area contributed by atoms with Gasteiger partial charge in [0.25, 0.3) is 11.8 Å². The van der Waals surface area contributed by atoms with Crippen LogP contribution in [0.4, 0.5) is 24.5 Å². The molecule has 1 aromatic heterocycles. The number of hydrogen-bond acceptors (Lipinski definition) is 6. The van der Waals surface area contributed by atoms with Gasteiger partial charge in [-0.25, -0.2) is 0 Å². The number of carbonyl (C=O) groups excluding carboxylic acids is 2. The van der Waals surface area contributed by atoms with E-state index in [1.54, 1.807) is 31.3 Å². The zero-order valence-corrected chi connectivity index (χ0v) is 18.3. The zero-order valence-electron chi connectivity index (χ0n) is 18.3. The van der Waals surface area contributed by atoms with E-state index in [1.807, 2.05) is 0 Å². The third-order valence-corrected chi connectivity index (χ3v) is 5.47. The van der Waals surface area contributed by atoms with Crippen molar-refractivity contribution in [1.29, 1.82) is 5.41 Å². The van der Waals surface area contributed by atoms with Crippen molar-refractivity contribution in [3.05, 3.63) is 89.2 Å². The summed E-state index contributed by atoms with van der Waals surface area (Å²) in [6.45, 7) is 1.77.